The molecule has 0 aromatic heterocycles. The number of hydrogen-bond donors (Lipinski definition) is 0. The van der Waals surface area contributed by atoms with Crippen LogP contribution in [-0.2, 0) is 15.8 Å². The number of ether oxygens (including phenoxy) is 1. The summed E-state index contributed by atoms with van der Waals surface area (Å²) in [5.74, 6) is 0. The summed E-state index contributed by atoms with van der Waals surface area (Å²) in [6.07, 6.45) is 0. The van der Waals surface area contributed by atoms with Gasteiger partial charge >= 0.3 is 0 Å². The summed E-state index contributed by atoms with van der Waals surface area (Å²) < 4.78 is 18.9. The summed E-state index contributed by atoms with van der Waals surface area (Å²) in [5.41, 5.74) is 0.853. The highest BCUT2D eigenvalue weighted by atomic mass is 19.1. The Bertz CT molecular complexity index is 344. The van der Waals surface area contributed by atoms with Crippen molar-refractivity contribution in [2.24, 2.45) is 0 Å². The lowest BCUT2D eigenvalue weighted by atomic mass is 9.85. The average Bonchev–Trinajstić information content (AvgIpc) is 2.13. The first kappa shape index (κ1) is 10.6. The molecular weight excluding hydrogens is 191 g/mol. The van der Waals surface area contributed by atoms with E-state index in [-0.39, 0.29) is 18.6 Å². The predicted molar refractivity (Wildman–Crippen MR) is 58.7 cm³/mol. The van der Waals surface area contributed by atoms with Crippen LogP contribution in [0.5, 0.6) is 0 Å². The summed E-state index contributed by atoms with van der Waals surface area (Å²) >= 11 is 0. The van der Waals surface area contributed by atoms with E-state index in [1.54, 1.807) is 0 Å². The molecule has 15 heavy (non-hydrogen) atoms. The third-order valence-corrected chi connectivity index (χ3v) is 2.93. The molecule has 0 amide bonds. The fourth-order valence-electron chi connectivity index (χ4n) is 1.72. The van der Waals surface area contributed by atoms with E-state index in [0.717, 1.165) is 5.56 Å². The van der Waals surface area contributed by atoms with Gasteiger partial charge in [0.15, 0.2) is 5.67 Å². The molecule has 1 aromatic rings. The van der Waals surface area contributed by atoms with Crippen molar-refractivity contribution in [1.29, 1.82) is 0 Å². The van der Waals surface area contributed by atoms with Crippen LogP contribution in [0.4, 0.5) is 4.39 Å². The SMILES string of the molecule is CC(C)(C)c1ccc(C2(F)COC2)cc1. The van der Waals surface area contributed by atoms with Crippen LogP contribution in [-0.4, -0.2) is 13.2 Å². The lowest BCUT2D eigenvalue weighted by molar-refractivity contribution is -0.135. The monoisotopic (exact) mass is 208 g/mol. The molecule has 1 saturated heterocycles. The van der Waals surface area contributed by atoms with Crippen LogP contribution in [0.2, 0.25) is 0 Å². The molecule has 1 nitrogen and oxygen atoms in total. The lowest BCUT2D eigenvalue weighted by Crippen LogP contribution is -2.42. The number of hydrogen-bond acceptors (Lipinski definition) is 1. The van der Waals surface area contributed by atoms with Gasteiger partial charge in [-0.3, -0.25) is 0 Å². The Labute approximate surface area is 90.3 Å². The maximum Gasteiger partial charge on any atom is 0.182 e. The molecule has 1 fully saturated rings. The number of halogens is 1. The van der Waals surface area contributed by atoms with E-state index < -0.39 is 5.67 Å². The third kappa shape index (κ3) is 1.91. The first-order valence-corrected chi connectivity index (χ1v) is 5.29. The van der Waals surface area contributed by atoms with Crippen molar-refractivity contribution in [2.75, 3.05) is 13.2 Å². The quantitative estimate of drug-likeness (QED) is 0.688. The highest BCUT2D eigenvalue weighted by Gasteiger charge is 2.40. The smallest absolute Gasteiger partial charge is 0.182 e. The first-order valence-electron chi connectivity index (χ1n) is 5.29. The van der Waals surface area contributed by atoms with Gasteiger partial charge in [0.05, 0.1) is 13.2 Å². The number of benzene rings is 1. The molecule has 82 valence electrons. The van der Waals surface area contributed by atoms with Gasteiger partial charge in [0.2, 0.25) is 0 Å². The molecular formula is C13H17FO. The minimum absolute atomic E-state index is 0.123. The largest absolute Gasteiger partial charge is 0.374 e. The third-order valence-electron chi connectivity index (χ3n) is 2.93. The molecule has 0 aliphatic carbocycles. The van der Waals surface area contributed by atoms with Crippen molar-refractivity contribution in [3.05, 3.63) is 35.4 Å². The highest BCUT2D eigenvalue weighted by Crippen LogP contribution is 2.34. The topological polar surface area (TPSA) is 9.23 Å². The summed E-state index contributed by atoms with van der Waals surface area (Å²) in [7, 11) is 0. The predicted octanol–water partition coefficient (Wildman–Crippen LogP) is 3.18. The van der Waals surface area contributed by atoms with Gasteiger partial charge in [0.25, 0.3) is 0 Å². The number of alkyl halides is 1. The maximum absolute atomic E-state index is 13.9. The van der Waals surface area contributed by atoms with Crippen molar-refractivity contribution >= 4 is 0 Å². The van der Waals surface area contributed by atoms with Crippen molar-refractivity contribution in [1.82, 2.24) is 0 Å². The molecule has 1 aromatic carbocycles. The van der Waals surface area contributed by atoms with Gasteiger partial charge in [-0.15, -0.1) is 0 Å². The van der Waals surface area contributed by atoms with Gasteiger partial charge in [0, 0.05) is 0 Å². The van der Waals surface area contributed by atoms with E-state index in [1.165, 1.54) is 5.56 Å². The summed E-state index contributed by atoms with van der Waals surface area (Å²) in [4.78, 5) is 0. The zero-order chi connectivity index (χ0) is 11.1. The molecule has 0 saturated carbocycles. The van der Waals surface area contributed by atoms with Crippen molar-refractivity contribution < 1.29 is 9.13 Å². The summed E-state index contributed by atoms with van der Waals surface area (Å²) in [6, 6.07) is 7.77. The normalized spacial score (nSPS) is 19.7. The molecule has 0 spiro atoms. The highest BCUT2D eigenvalue weighted by molar-refractivity contribution is 5.31. The number of rotatable bonds is 1. The van der Waals surface area contributed by atoms with Crippen LogP contribution in [0, 0.1) is 0 Å². The Morgan fingerprint density at radius 1 is 1.13 bits per heavy atom. The van der Waals surface area contributed by atoms with Crippen molar-refractivity contribution in [2.45, 2.75) is 31.9 Å². The lowest BCUT2D eigenvalue weighted by Gasteiger charge is -2.34. The molecule has 2 rings (SSSR count). The minimum Gasteiger partial charge on any atom is -0.374 e. The van der Waals surface area contributed by atoms with Gasteiger partial charge in [-0.2, -0.15) is 0 Å². The van der Waals surface area contributed by atoms with E-state index in [1.807, 2.05) is 24.3 Å². The molecule has 2 heteroatoms. The van der Waals surface area contributed by atoms with Crippen LogP contribution < -0.4 is 0 Å². The van der Waals surface area contributed by atoms with Gasteiger partial charge < -0.3 is 4.74 Å². The van der Waals surface area contributed by atoms with Crippen LogP contribution in [0.15, 0.2) is 24.3 Å². The average molecular weight is 208 g/mol. The van der Waals surface area contributed by atoms with Gasteiger partial charge in [0.1, 0.15) is 0 Å². The van der Waals surface area contributed by atoms with Gasteiger partial charge in [-0.25, -0.2) is 4.39 Å². The standard InChI is InChI=1S/C13H17FO/c1-12(2,3)10-4-6-11(7-5-10)13(14)8-15-9-13/h4-7H,8-9H2,1-3H3. The van der Waals surface area contributed by atoms with Crippen molar-refractivity contribution in [3.8, 4) is 0 Å². The van der Waals surface area contributed by atoms with Crippen LogP contribution >= 0.6 is 0 Å². The summed E-state index contributed by atoms with van der Waals surface area (Å²) in [5, 5.41) is 0. The zero-order valence-corrected chi connectivity index (χ0v) is 9.51. The Morgan fingerprint density at radius 3 is 2.00 bits per heavy atom. The van der Waals surface area contributed by atoms with E-state index >= 15 is 0 Å². The Morgan fingerprint density at radius 2 is 1.67 bits per heavy atom. The second-order valence-electron chi connectivity index (χ2n) is 5.29. The van der Waals surface area contributed by atoms with E-state index in [4.69, 9.17) is 4.74 Å². The van der Waals surface area contributed by atoms with Crippen molar-refractivity contribution in [3.63, 3.8) is 0 Å². The molecule has 0 unspecified atom stereocenters. The van der Waals surface area contributed by atoms with Crippen LogP contribution in [0.3, 0.4) is 0 Å². The molecule has 1 heterocycles. The summed E-state index contributed by atoms with van der Waals surface area (Å²) in [6.45, 7) is 6.85. The van der Waals surface area contributed by atoms with Crippen LogP contribution in [0.25, 0.3) is 0 Å². The second-order valence-corrected chi connectivity index (χ2v) is 5.29. The molecule has 0 radical (unpaired) electrons. The molecule has 0 atom stereocenters. The Hall–Kier alpha value is -0.890. The van der Waals surface area contributed by atoms with E-state index in [0.29, 0.717) is 0 Å². The Balaban J connectivity index is 2.24. The van der Waals surface area contributed by atoms with Gasteiger partial charge in [-0.05, 0) is 16.5 Å². The fraction of sp³-hybridized carbons (Fsp3) is 0.538. The van der Waals surface area contributed by atoms with E-state index in [9.17, 15) is 4.39 Å². The first-order chi connectivity index (χ1) is 6.92. The molecule has 0 N–H and O–H groups in total. The Kier molecular flexibility index (Phi) is 2.34. The van der Waals surface area contributed by atoms with E-state index in [2.05, 4.69) is 20.8 Å². The molecule has 0 bridgehead atoms. The zero-order valence-electron chi connectivity index (χ0n) is 9.51. The fourth-order valence-corrected chi connectivity index (χ4v) is 1.72. The van der Waals surface area contributed by atoms with Gasteiger partial charge in [-0.1, -0.05) is 45.0 Å². The maximum atomic E-state index is 13.9. The molecule has 1 aliphatic heterocycles. The molecule has 1 aliphatic rings. The second kappa shape index (κ2) is 3.31. The minimum atomic E-state index is -1.24. The van der Waals surface area contributed by atoms with Crippen LogP contribution in [0.1, 0.15) is 31.9 Å².